The van der Waals surface area contributed by atoms with Crippen LogP contribution < -0.4 is 0 Å². The van der Waals surface area contributed by atoms with E-state index in [1.165, 1.54) is 44.9 Å². The molecular formula is C19H24. The molecule has 2 saturated carbocycles. The SMILES string of the molecule is C=C[C@@]12C=CC=C1C1=CCC3CCCC[C@@H]3[C@H]1CC2. The van der Waals surface area contributed by atoms with Crippen LogP contribution >= 0.6 is 0 Å². The number of allylic oxidation sites excluding steroid dienone is 7. The van der Waals surface area contributed by atoms with Crippen LogP contribution in [0.2, 0.25) is 0 Å². The summed E-state index contributed by atoms with van der Waals surface area (Å²) in [7, 11) is 0. The van der Waals surface area contributed by atoms with E-state index in [2.05, 4.69) is 37.0 Å². The maximum absolute atomic E-state index is 4.12. The monoisotopic (exact) mass is 252 g/mol. The predicted molar refractivity (Wildman–Crippen MR) is 80.7 cm³/mol. The summed E-state index contributed by atoms with van der Waals surface area (Å²) in [5.41, 5.74) is 3.46. The minimum atomic E-state index is 0.184. The molecule has 100 valence electrons. The molecule has 4 aliphatic rings. The fourth-order valence-electron chi connectivity index (χ4n) is 5.22. The van der Waals surface area contributed by atoms with Crippen molar-refractivity contribution in [3.05, 3.63) is 48.1 Å². The summed E-state index contributed by atoms with van der Waals surface area (Å²) in [6, 6.07) is 0. The summed E-state index contributed by atoms with van der Waals surface area (Å²) >= 11 is 0. The lowest BCUT2D eigenvalue weighted by Gasteiger charge is -2.48. The maximum atomic E-state index is 4.12. The summed E-state index contributed by atoms with van der Waals surface area (Å²) < 4.78 is 0. The Hall–Kier alpha value is -1.04. The number of hydrogen-bond acceptors (Lipinski definition) is 0. The lowest BCUT2D eigenvalue weighted by atomic mass is 9.56. The molecule has 0 aromatic carbocycles. The first-order valence-electron chi connectivity index (χ1n) is 8.08. The van der Waals surface area contributed by atoms with Gasteiger partial charge in [-0.3, -0.25) is 0 Å². The summed E-state index contributed by atoms with van der Waals surface area (Å²) in [6.45, 7) is 4.12. The van der Waals surface area contributed by atoms with E-state index in [0.717, 1.165) is 17.8 Å². The first-order chi connectivity index (χ1) is 9.34. The van der Waals surface area contributed by atoms with Crippen molar-refractivity contribution in [2.24, 2.45) is 23.2 Å². The average Bonchev–Trinajstić information content (AvgIpc) is 2.91. The molecule has 4 aliphatic carbocycles. The molecule has 2 fully saturated rings. The van der Waals surface area contributed by atoms with Crippen LogP contribution in [0.4, 0.5) is 0 Å². The van der Waals surface area contributed by atoms with E-state index < -0.39 is 0 Å². The third kappa shape index (κ3) is 1.58. The Morgan fingerprint density at radius 1 is 1.21 bits per heavy atom. The first kappa shape index (κ1) is 11.8. The van der Waals surface area contributed by atoms with Crippen molar-refractivity contribution >= 4 is 0 Å². The molecule has 0 bridgehead atoms. The Kier molecular flexibility index (Phi) is 2.62. The molecule has 0 N–H and O–H groups in total. The highest BCUT2D eigenvalue weighted by Gasteiger charge is 2.45. The third-order valence-electron chi connectivity index (χ3n) is 6.23. The van der Waals surface area contributed by atoms with E-state index in [1.807, 2.05) is 0 Å². The molecule has 0 amide bonds. The van der Waals surface area contributed by atoms with Crippen LogP contribution in [-0.2, 0) is 0 Å². The molecule has 0 aromatic heterocycles. The van der Waals surface area contributed by atoms with Gasteiger partial charge in [0, 0.05) is 5.41 Å². The average molecular weight is 252 g/mol. The zero-order valence-corrected chi connectivity index (χ0v) is 11.8. The van der Waals surface area contributed by atoms with Gasteiger partial charge in [-0.1, -0.05) is 43.2 Å². The Labute approximate surface area is 117 Å². The van der Waals surface area contributed by atoms with E-state index in [-0.39, 0.29) is 5.41 Å². The molecule has 19 heavy (non-hydrogen) atoms. The molecule has 4 rings (SSSR count). The van der Waals surface area contributed by atoms with Gasteiger partial charge in [0.25, 0.3) is 0 Å². The number of hydrogen-bond donors (Lipinski definition) is 0. The van der Waals surface area contributed by atoms with Crippen molar-refractivity contribution in [2.75, 3.05) is 0 Å². The molecule has 0 spiro atoms. The van der Waals surface area contributed by atoms with Gasteiger partial charge in [0.15, 0.2) is 0 Å². The topological polar surface area (TPSA) is 0 Å². The largest absolute Gasteiger partial charge is 0.102 e. The van der Waals surface area contributed by atoms with Gasteiger partial charge < -0.3 is 0 Å². The normalized spacial score (nSPS) is 43.7. The molecular weight excluding hydrogens is 228 g/mol. The molecule has 0 heteroatoms. The third-order valence-corrected chi connectivity index (χ3v) is 6.23. The number of rotatable bonds is 1. The van der Waals surface area contributed by atoms with Crippen molar-refractivity contribution in [1.29, 1.82) is 0 Å². The van der Waals surface area contributed by atoms with Gasteiger partial charge in [-0.25, -0.2) is 0 Å². The van der Waals surface area contributed by atoms with E-state index in [4.69, 9.17) is 0 Å². The molecule has 4 atom stereocenters. The molecule has 0 aromatic rings. The molecule has 0 radical (unpaired) electrons. The van der Waals surface area contributed by atoms with Crippen molar-refractivity contribution in [2.45, 2.75) is 44.9 Å². The van der Waals surface area contributed by atoms with Crippen LogP contribution in [0.3, 0.4) is 0 Å². The van der Waals surface area contributed by atoms with Gasteiger partial charge >= 0.3 is 0 Å². The van der Waals surface area contributed by atoms with E-state index in [9.17, 15) is 0 Å². The first-order valence-corrected chi connectivity index (χ1v) is 8.08. The van der Waals surface area contributed by atoms with Crippen LogP contribution in [0, 0.1) is 23.2 Å². The Bertz CT molecular complexity index is 490. The molecule has 0 heterocycles. The highest BCUT2D eigenvalue weighted by atomic mass is 14.5. The highest BCUT2D eigenvalue weighted by molar-refractivity contribution is 5.53. The maximum Gasteiger partial charge on any atom is 0.0315 e. The van der Waals surface area contributed by atoms with Crippen molar-refractivity contribution < 1.29 is 0 Å². The van der Waals surface area contributed by atoms with Gasteiger partial charge in [-0.05, 0) is 61.0 Å². The van der Waals surface area contributed by atoms with Gasteiger partial charge in [-0.2, -0.15) is 0 Å². The van der Waals surface area contributed by atoms with E-state index in [1.54, 1.807) is 11.1 Å². The highest BCUT2D eigenvalue weighted by Crippen LogP contribution is 2.57. The van der Waals surface area contributed by atoms with Gasteiger partial charge in [-0.15, -0.1) is 6.58 Å². The molecule has 0 nitrogen and oxygen atoms in total. The standard InChI is InChI=1S/C19H24/c1-2-19-12-5-8-18(19)17-10-9-14-6-3-4-7-15(14)16(17)11-13-19/h2,5,8,10,12,14-16H,1,3-4,6-7,9,11,13H2/t14?,15-,16+,19-/m0/s1. The van der Waals surface area contributed by atoms with Gasteiger partial charge in [0.1, 0.15) is 0 Å². The minimum absolute atomic E-state index is 0.184. The van der Waals surface area contributed by atoms with Gasteiger partial charge in [0.05, 0.1) is 0 Å². The summed E-state index contributed by atoms with van der Waals surface area (Å²) in [4.78, 5) is 0. The minimum Gasteiger partial charge on any atom is -0.102 e. The smallest absolute Gasteiger partial charge is 0.0315 e. The van der Waals surface area contributed by atoms with Crippen LogP contribution in [0.5, 0.6) is 0 Å². The summed E-state index contributed by atoms with van der Waals surface area (Å²) in [5, 5.41) is 0. The second-order valence-electron chi connectivity index (χ2n) is 6.93. The second kappa shape index (κ2) is 4.23. The Morgan fingerprint density at radius 2 is 2.11 bits per heavy atom. The van der Waals surface area contributed by atoms with Gasteiger partial charge in [0.2, 0.25) is 0 Å². The zero-order valence-electron chi connectivity index (χ0n) is 11.8. The van der Waals surface area contributed by atoms with E-state index in [0.29, 0.717) is 0 Å². The fraction of sp³-hybridized carbons (Fsp3) is 0.579. The van der Waals surface area contributed by atoms with Crippen molar-refractivity contribution in [1.82, 2.24) is 0 Å². The van der Waals surface area contributed by atoms with Crippen LogP contribution in [0.15, 0.2) is 48.1 Å². The molecule has 0 aliphatic heterocycles. The van der Waals surface area contributed by atoms with E-state index >= 15 is 0 Å². The molecule has 1 unspecified atom stereocenters. The lowest BCUT2D eigenvalue weighted by Crippen LogP contribution is -2.37. The lowest BCUT2D eigenvalue weighted by molar-refractivity contribution is 0.146. The second-order valence-corrected chi connectivity index (χ2v) is 6.93. The quantitative estimate of drug-likeness (QED) is 0.563. The van der Waals surface area contributed by atoms with Crippen molar-refractivity contribution in [3.63, 3.8) is 0 Å². The number of fused-ring (bicyclic) bond motifs is 5. The Morgan fingerprint density at radius 3 is 3.00 bits per heavy atom. The summed E-state index contributed by atoms with van der Waals surface area (Å²) in [6.07, 6.45) is 21.7. The van der Waals surface area contributed by atoms with Crippen molar-refractivity contribution in [3.8, 4) is 0 Å². The Balaban J connectivity index is 1.72. The fourth-order valence-corrected chi connectivity index (χ4v) is 5.22. The molecule has 0 saturated heterocycles. The zero-order chi connectivity index (χ0) is 12.9. The predicted octanol–water partition coefficient (Wildman–Crippen LogP) is 5.20. The van der Waals surface area contributed by atoms with Crippen LogP contribution in [0.25, 0.3) is 0 Å². The summed E-state index contributed by atoms with van der Waals surface area (Å²) in [5.74, 6) is 2.84. The van der Waals surface area contributed by atoms with Crippen LogP contribution in [-0.4, -0.2) is 0 Å². The van der Waals surface area contributed by atoms with Crippen LogP contribution in [0.1, 0.15) is 44.9 Å².